The van der Waals surface area contributed by atoms with Gasteiger partial charge in [0, 0.05) is 13.6 Å². The molecule has 0 saturated carbocycles. The Bertz CT molecular complexity index is 806. The quantitative estimate of drug-likeness (QED) is 0.808. The lowest BCUT2D eigenvalue weighted by Crippen LogP contribution is -2.28. The Morgan fingerprint density at radius 1 is 1.00 bits per heavy atom. The zero-order valence-corrected chi connectivity index (χ0v) is 12.8. The molecule has 0 aliphatic rings. The number of sulfonamides is 1. The average molecular weight is 329 g/mol. The highest BCUT2D eigenvalue weighted by Gasteiger charge is 2.28. The molecule has 118 valence electrons. The molecule has 0 aromatic heterocycles. The maximum absolute atomic E-state index is 13.7. The van der Waals surface area contributed by atoms with Crippen LogP contribution in [0.5, 0.6) is 0 Å². The minimum Gasteiger partial charge on any atom is -0.207 e. The number of halogens is 3. The fourth-order valence-electron chi connectivity index (χ4n) is 1.99. The van der Waals surface area contributed by atoms with Crippen LogP contribution < -0.4 is 0 Å². The molecular formula is C15H14F3NO2S. The number of hydrogen-bond acceptors (Lipinski definition) is 2. The first-order valence-electron chi connectivity index (χ1n) is 6.39. The van der Waals surface area contributed by atoms with Gasteiger partial charge in [-0.1, -0.05) is 24.3 Å². The first kappa shape index (κ1) is 16.5. The standard InChI is InChI=1S/C15H14F3NO2S/c1-10-5-3-4-6-11(10)9-19(2)22(20,21)13-8-7-12(16)14(17)15(13)18/h3-8H,9H2,1-2H3. The summed E-state index contributed by atoms with van der Waals surface area (Å²) in [6.07, 6.45) is 0. The molecule has 0 saturated heterocycles. The molecule has 0 atom stereocenters. The maximum Gasteiger partial charge on any atom is 0.246 e. The normalized spacial score (nSPS) is 11.9. The van der Waals surface area contributed by atoms with Crippen LogP contribution in [0, 0.1) is 24.4 Å². The minimum absolute atomic E-state index is 0.00651. The molecule has 2 aromatic carbocycles. The van der Waals surface area contributed by atoms with Crippen molar-refractivity contribution in [2.75, 3.05) is 7.05 Å². The fraction of sp³-hybridized carbons (Fsp3) is 0.200. The summed E-state index contributed by atoms with van der Waals surface area (Å²) in [5.74, 6) is -4.94. The third kappa shape index (κ3) is 3.00. The third-order valence-electron chi connectivity index (χ3n) is 3.34. The predicted molar refractivity (Wildman–Crippen MR) is 76.1 cm³/mol. The van der Waals surface area contributed by atoms with Crippen molar-refractivity contribution >= 4 is 10.0 Å². The van der Waals surface area contributed by atoms with Crippen LogP contribution >= 0.6 is 0 Å². The van der Waals surface area contributed by atoms with Crippen molar-refractivity contribution in [3.63, 3.8) is 0 Å². The molecule has 0 unspecified atom stereocenters. The Labute approximate surface area is 127 Å². The second-order valence-electron chi connectivity index (χ2n) is 4.86. The van der Waals surface area contributed by atoms with Crippen molar-refractivity contribution in [2.45, 2.75) is 18.4 Å². The van der Waals surface area contributed by atoms with E-state index >= 15 is 0 Å². The molecular weight excluding hydrogens is 315 g/mol. The first-order chi connectivity index (χ1) is 10.2. The second kappa shape index (κ2) is 6.10. The molecule has 0 heterocycles. The van der Waals surface area contributed by atoms with E-state index in [1.807, 2.05) is 19.1 Å². The monoisotopic (exact) mass is 329 g/mol. The lowest BCUT2D eigenvalue weighted by atomic mass is 10.1. The van der Waals surface area contributed by atoms with Crippen LogP contribution in [0.3, 0.4) is 0 Å². The summed E-state index contributed by atoms with van der Waals surface area (Å²) in [5.41, 5.74) is 1.60. The molecule has 7 heteroatoms. The molecule has 0 aliphatic carbocycles. The SMILES string of the molecule is Cc1ccccc1CN(C)S(=O)(=O)c1ccc(F)c(F)c1F. The van der Waals surface area contributed by atoms with E-state index in [0.717, 1.165) is 21.5 Å². The van der Waals surface area contributed by atoms with E-state index < -0.39 is 32.4 Å². The van der Waals surface area contributed by atoms with E-state index in [2.05, 4.69) is 0 Å². The van der Waals surface area contributed by atoms with Gasteiger partial charge in [-0.3, -0.25) is 0 Å². The van der Waals surface area contributed by atoms with Crippen LogP contribution in [-0.4, -0.2) is 19.8 Å². The van der Waals surface area contributed by atoms with E-state index in [1.165, 1.54) is 7.05 Å². The van der Waals surface area contributed by atoms with Gasteiger partial charge < -0.3 is 0 Å². The predicted octanol–water partition coefficient (Wildman–Crippen LogP) is 3.23. The molecule has 0 spiro atoms. The first-order valence-corrected chi connectivity index (χ1v) is 7.83. The topological polar surface area (TPSA) is 37.4 Å². The number of aryl methyl sites for hydroxylation is 1. The second-order valence-corrected chi connectivity index (χ2v) is 6.87. The number of nitrogens with zero attached hydrogens (tertiary/aromatic N) is 1. The zero-order chi connectivity index (χ0) is 16.5. The summed E-state index contributed by atoms with van der Waals surface area (Å²) in [6.45, 7) is 1.81. The van der Waals surface area contributed by atoms with Gasteiger partial charge in [0.25, 0.3) is 0 Å². The van der Waals surface area contributed by atoms with Crippen LogP contribution in [0.4, 0.5) is 13.2 Å². The van der Waals surface area contributed by atoms with Crippen molar-refractivity contribution in [3.05, 3.63) is 65.0 Å². The highest BCUT2D eigenvalue weighted by molar-refractivity contribution is 7.89. The molecule has 0 amide bonds. The highest BCUT2D eigenvalue weighted by Crippen LogP contribution is 2.23. The largest absolute Gasteiger partial charge is 0.246 e. The van der Waals surface area contributed by atoms with Gasteiger partial charge >= 0.3 is 0 Å². The fourth-order valence-corrected chi connectivity index (χ4v) is 3.19. The molecule has 0 fully saturated rings. The number of hydrogen-bond donors (Lipinski definition) is 0. The summed E-state index contributed by atoms with van der Waals surface area (Å²) in [6, 6.07) is 8.42. The molecule has 3 nitrogen and oxygen atoms in total. The van der Waals surface area contributed by atoms with E-state index in [-0.39, 0.29) is 6.54 Å². The highest BCUT2D eigenvalue weighted by atomic mass is 32.2. The molecule has 0 aliphatic heterocycles. The summed E-state index contributed by atoms with van der Waals surface area (Å²) < 4.78 is 65.4. The van der Waals surface area contributed by atoms with E-state index in [9.17, 15) is 21.6 Å². The zero-order valence-electron chi connectivity index (χ0n) is 12.0. The van der Waals surface area contributed by atoms with E-state index in [0.29, 0.717) is 6.07 Å². The Hall–Kier alpha value is -1.86. The third-order valence-corrected chi connectivity index (χ3v) is 5.16. The molecule has 0 radical (unpaired) electrons. The van der Waals surface area contributed by atoms with Gasteiger partial charge in [0.2, 0.25) is 10.0 Å². The molecule has 0 bridgehead atoms. The van der Waals surface area contributed by atoms with Crippen LogP contribution in [0.25, 0.3) is 0 Å². The Kier molecular flexibility index (Phi) is 4.58. The van der Waals surface area contributed by atoms with Gasteiger partial charge in [-0.2, -0.15) is 4.31 Å². The van der Waals surface area contributed by atoms with Crippen molar-refractivity contribution in [2.24, 2.45) is 0 Å². The van der Waals surface area contributed by atoms with Gasteiger partial charge in [-0.05, 0) is 30.2 Å². The van der Waals surface area contributed by atoms with E-state index in [4.69, 9.17) is 0 Å². The molecule has 22 heavy (non-hydrogen) atoms. The van der Waals surface area contributed by atoms with Crippen LogP contribution in [0.15, 0.2) is 41.3 Å². The number of rotatable bonds is 4. The van der Waals surface area contributed by atoms with Crippen molar-refractivity contribution in [3.8, 4) is 0 Å². The Balaban J connectivity index is 2.39. The number of benzene rings is 2. The smallest absolute Gasteiger partial charge is 0.207 e. The summed E-state index contributed by atoms with van der Waals surface area (Å²) in [4.78, 5) is -0.887. The van der Waals surface area contributed by atoms with Gasteiger partial charge in [-0.15, -0.1) is 0 Å². The van der Waals surface area contributed by atoms with Gasteiger partial charge in [0.1, 0.15) is 4.90 Å². The van der Waals surface area contributed by atoms with E-state index in [1.54, 1.807) is 12.1 Å². The maximum atomic E-state index is 13.7. The summed E-state index contributed by atoms with van der Waals surface area (Å²) in [7, 11) is -3.02. The average Bonchev–Trinajstić information content (AvgIpc) is 2.47. The van der Waals surface area contributed by atoms with Crippen molar-refractivity contribution in [1.82, 2.24) is 4.31 Å². The minimum atomic E-state index is -4.27. The van der Waals surface area contributed by atoms with Gasteiger partial charge in [0.05, 0.1) is 0 Å². The van der Waals surface area contributed by atoms with Crippen molar-refractivity contribution < 1.29 is 21.6 Å². The van der Waals surface area contributed by atoms with Crippen LogP contribution in [0.2, 0.25) is 0 Å². The van der Waals surface area contributed by atoms with Crippen LogP contribution in [-0.2, 0) is 16.6 Å². The summed E-state index contributed by atoms with van der Waals surface area (Å²) >= 11 is 0. The van der Waals surface area contributed by atoms with Crippen LogP contribution in [0.1, 0.15) is 11.1 Å². The molecule has 2 rings (SSSR count). The molecule has 0 N–H and O–H groups in total. The lowest BCUT2D eigenvalue weighted by Gasteiger charge is -2.19. The van der Waals surface area contributed by atoms with Crippen molar-refractivity contribution in [1.29, 1.82) is 0 Å². The Morgan fingerprint density at radius 3 is 2.27 bits per heavy atom. The van der Waals surface area contributed by atoms with Gasteiger partial charge in [0.15, 0.2) is 17.5 Å². The Morgan fingerprint density at radius 2 is 1.64 bits per heavy atom. The summed E-state index contributed by atoms with van der Waals surface area (Å²) in [5, 5.41) is 0. The lowest BCUT2D eigenvalue weighted by molar-refractivity contribution is 0.421. The molecule has 2 aromatic rings. The van der Waals surface area contributed by atoms with Gasteiger partial charge in [-0.25, -0.2) is 21.6 Å².